The Balaban J connectivity index is 1.30. The Labute approximate surface area is 195 Å². The van der Waals surface area contributed by atoms with Crippen LogP contribution in [0.5, 0.6) is 0 Å². The zero-order chi connectivity index (χ0) is 23.5. The van der Waals surface area contributed by atoms with E-state index in [1.807, 2.05) is 13.0 Å². The Hall–Kier alpha value is -3.16. The molecule has 2 aliphatic carbocycles. The second-order valence-electron chi connectivity index (χ2n) is 9.78. The second kappa shape index (κ2) is 7.68. The quantitative estimate of drug-likeness (QED) is 0.445. The summed E-state index contributed by atoms with van der Waals surface area (Å²) in [6.07, 6.45) is 4.34. The van der Waals surface area contributed by atoms with Crippen LogP contribution in [-0.4, -0.2) is 28.2 Å². The summed E-state index contributed by atoms with van der Waals surface area (Å²) in [5.41, 5.74) is 2.60. The highest BCUT2D eigenvalue weighted by Gasteiger charge is 2.45. The molecule has 8 heteroatoms. The summed E-state index contributed by atoms with van der Waals surface area (Å²) >= 11 is 0. The van der Waals surface area contributed by atoms with E-state index in [4.69, 9.17) is 4.52 Å². The van der Waals surface area contributed by atoms with E-state index in [9.17, 15) is 13.2 Å². The third-order valence-corrected chi connectivity index (χ3v) is 7.32. The molecular weight excluding hydrogens is 441 g/mol. The molecule has 0 amide bonds. The highest BCUT2D eigenvalue weighted by Crippen LogP contribution is 2.56. The lowest BCUT2D eigenvalue weighted by Gasteiger charge is -2.46. The van der Waals surface area contributed by atoms with Gasteiger partial charge in [-0.05, 0) is 62.1 Å². The van der Waals surface area contributed by atoms with Gasteiger partial charge in [-0.3, -0.25) is 0 Å². The molecule has 1 saturated heterocycles. The van der Waals surface area contributed by atoms with E-state index in [1.165, 1.54) is 12.1 Å². The number of halogens is 3. The average molecular weight is 467 g/mol. The number of aromatic nitrogens is 3. The van der Waals surface area contributed by atoms with Gasteiger partial charge in [0, 0.05) is 42.0 Å². The van der Waals surface area contributed by atoms with Gasteiger partial charge in [0.15, 0.2) is 0 Å². The van der Waals surface area contributed by atoms with Crippen molar-refractivity contribution in [3.63, 3.8) is 0 Å². The number of piperidine rings is 1. The van der Waals surface area contributed by atoms with E-state index in [2.05, 4.69) is 26.1 Å². The van der Waals surface area contributed by atoms with Crippen molar-refractivity contribution in [3.8, 4) is 11.3 Å². The van der Waals surface area contributed by atoms with Crippen LogP contribution in [-0.2, 0) is 6.18 Å². The summed E-state index contributed by atoms with van der Waals surface area (Å²) in [6, 6.07) is 7.54. The number of nitrogens with zero attached hydrogens (tertiary/aromatic N) is 4. The molecule has 3 aliphatic rings. The number of benzene rings is 1. The molecule has 0 atom stereocenters. The van der Waals surface area contributed by atoms with Crippen molar-refractivity contribution in [3.05, 3.63) is 65.2 Å². The number of hydrogen-bond acceptors (Lipinski definition) is 5. The van der Waals surface area contributed by atoms with Crippen LogP contribution in [0, 0.1) is 12.3 Å². The number of alkyl halides is 3. The van der Waals surface area contributed by atoms with Gasteiger partial charge in [-0.15, -0.1) is 0 Å². The average Bonchev–Trinajstić information content (AvgIpc) is 3.55. The fraction of sp³-hybridized carbons (Fsp3) is 0.423. The van der Waals surface area contributed by atoms with E-state index < -0.39 is 11.7 Å². The molecule has 1 aliphatic heterocycles. The van der Waals surface area contributed by atoms with Crippen LogP contribution >= 0.6 is 0 Å². The summed E-state index contributed by atoms with van der Waals surface area (Å²) in [6.45, 7) is 3.68. The zero-order valence-electron chi connectivity index (χ0n) is 18.9. The molecule has 34 heavy (non-hydrogen) atoms. The van der Waals surface area contributed by atoms with Gasteiger partial charge in [-0.1, -0.05) is 29.4 Å². The van der Waals surface area contributed by atoms with Crippen molar-refractivity contribution in [1.29, 1.82) is 0 Å². The molecule has 1 saturated carbocycles. The lowest BCUT2D eigenvalue weighted by Crippen LogP contribution is -2.43. The van der Waals surface area contributed by atoms with Crippen molar-refractivity contribution in [2.75, 3.05) is 18.0 Å². The Kier molecular flexibility index (Phi) is 4.83. The highest BCUT2D eigenvalue weighted by molar-refractivity contribution is 5.85. The lowest BCUT2D eigenvalue weighted by molar-refractivity contribution is -0.137. The number of hydrogen-bond donors (Lipinski definition) is 0. The molecular formula is C26H25F3N4O. The largest absolute Gasteiger partial charge is 0.417 e. The first-order valence-corrected chi connectivity index (χ1v) is 11.8. The molecule has 2 fully saturated rings. The van der Waals surface area contributed by atoms with Crippen molar-refractivity contribution >= 4 is 11.5 Å². The predicted octanol–water partition coefficient (Wildman–Crippen LogP) is 6.41. The molecule has 5 nitrogen and oxygen atoms in total. The minimum Gasteiger partial charge on any atom is -0.360 e. The Morgan fingerprint density at radius 2 is 1.82 bits per heavy atom. The third-order valence-electron chi connectivity index (χ3n) is 7.32. The van der Waals surface area contributed by atoms with Gasteiger partial charge in [0.05, 0.1) is 5.56 Å². The van der Waals surface area contributed by atoms with Gasteiger partial charge < -0.3 is 9.42 Å². The first-order chi connectivity index (χ1) is 16.3. The first-order valence-electron chi connectivity index (χ1n) is 11.8. The van der Waals surface area contributed by atoms with Gasteiger partial charge in [0.2, 0.25) is 5.95 Å². The van der Waals surface area contributed by atoms with Gasteiger partial charge in [-0.2, -0.15) is 13.2 Å². The molecule has 1 aromatic carbocycles. The van der Waals surface area contributed by atoms with E-state index in [-0.39, 0.29) is 16.9 Å². The van der Waals surface area contributed by atoms with Gasteiger partial charge in [0.25, 0.3) is 0 Å². The topological polar surface area (TPSA) is 55.1 Å². The zero-order valence-corrected chi connectivity index (χ0v) is 18.9. The Morgan fingerprint density at radius 1 is 1.09 bits per heavy atom. The summed E-state index contributed by atoms with van der Waals surface area (Å²) < 4.78 is 46.9. The van der Waals surface area contributed by atoms with Crippen LogP contribution in [0.1, 0.15) is 60.6 Å². The fourth-order valence-electron chi connectivity index (χ4n) is 5.30. The molecule has 0 bridgehead atoms. The number of aryl methyl sites for hydroxylation is 1. The normalized spacial score (nSPS) is 19.8. The summed E-state index contributed by atoms with van der Waals surface area (Å²) in [5.74, 6) is 1.77. The van der Waals surface area contributed by atoms with Gasteiger partial charge in [0.1, 0.15) is 11.5 Å². The summed E-state index contributed by atoms with van der Waals surface area (Å²) in [5, 5.41) is 4.18. The Bertz CT molecular complexity index is 1270. The molecule has 176 valence electrons. The maximum absolute atomic E-state index is 13.7. The van der Waals surface area contributed by atoms with Crippen LogP contribution in [0.15, 0.2) is 47.1 Å². The summed E-state index contributed by atoms with van der Waals surface area (Å²) in [7, 11) is 0. The predicted molar refractivity (Wildman–Crippen MR) is 122 cm³/mol. The minimum absolute atomic E-state index is 0.0641. The molecule has 6 rings (SSSR count). The molecule has 0 unspecified atom stereocenters. The lowest BCUT2D eigenvalue weighted by atomic mass is 9.63. The molecule has 0 N–H and O–H groups in total. The maximum Gasteiger partial charge on any atom is 0.417 e. The smallest absolute Gasteiger partial charge is 0.360 e. The van der Waals surface area contributed by atoms with Crippen molar-refractivity contribution < 1.29 is 17.7 Å². The van der Waals surface area contributed by atoms with Crippen LogP contribution in [0.2, 0.25) is 0 Å². The van der Waals surface area contributed by atoms with E-state index in [1.54, 1.807) is 12.3 Å². The third kappa shape index (κ3) is 3.69. The Morgan fingerprint density at radius 3 is 2.50 bits per heavy atom. The number of allylic oxidation sites excluding steroid dienone is 2. The standard InChI is InChI=1S/C26H25F3N4O/c1-16-8-11-30-24(31-16)33-12-9-25(10-13-33)14-18(15-25)21-22(32-34-23(21)17-6-7-17)19-4-2-3-5-20(19)26(27,28)29/h2-5,8,11,14,17H,6-7,9-10,12-13,15H2,1H3. The monoisotopic (exact) mass is 466 g/mol. The summed E-state index contributed by atoms with van der Waals surface area (Å²) in [4.78, 5) is 11.2. The minimum atomic E-state index is -4.45. The van der Waals surface area contributed by atoms with Crippen molar-refractivity contribution in [2.45, 2.75) is 51.1 Å². The molecule has 1 spiro atoms. The maximum atomic E-state index is 13.7. The molecule has 0 radical (unpaired) electrons. The number of anilines is 1. The van der Waals surface area contributed by atoms with Crippen LogP contribution in [0.4, 0.5) is 19.1 Å². The fourth-order valence-corrected chi connectivity index (χ4v) is 5.30. The van der Waals surface area contributed by atoms with Crippen molar-refractivity contribution in [1.82, 2.24) is 15.1 Å². The first kappa shape index (κ1) is 21.4. The van der Waals surface area contributed by atoms with Crippen LogP contribution < -0.4 is 4.90 Å². The molecule has 3 heterocycles. The van der Waals surface area contributed by atoms with Crippen LogP contribution in [0.3, 0.4) is 0 Å². The van der Waals surface area contributed by atoms with Gasteiger partial charge >= 0.3 is 6.18 Å². The van der Waals surface area contributed by atoms with E-state index in [0.717, 1.165) is 79.8 Å². The molecule has 2 aromatic heterocycles. The van der Waals surface area contributed by atoms with Crippen LogP contribution in [0.25, 0.3) is 16.8 Å². The van der Waals surface area contributed by atoms with Gasteiger partial charge in [-0.25, -0.2) is 9.97 Å². The SMILES string of the molecule is Cc1ccnc(N2CCC3(C=C(c4c(-c5ccccc5C(F)(F)F)noc4C4CC4)C3)CC2)n1. The second-order valence-corrected chi connectivity index (χ2v) is 9.78. The molecule has 3 aromatic rings. The van der Waals surface area contributed by atoms with E-state index >= 15 is 0 Å². The highest BCUT2D eigenvalue weighted by atomic mass is 19.4. The van der Waals surface area contributed by atoms with E-state index in [0.29, 0.717) is 5.69 Å². The number of rotatable bonds is 4. The van der Waals surface area contributed by atoms with Crippen molar-refractivity contribution in [2.24, 2.45) is 5.41 Å².